The first kappa shape index (κ1) is 17.9. The molecule has 0 amide bonds. The second-order valence-electron chi connectivity index (χ2n) is 7.46. The van der Waals surface area contributed by atoms with Crippen molar-refractivity contribution in [2.75, 3.05) is 13.1 Å². The maximum absolute atomic E-state index is 4.12. The van der Waals surface area contributed by atoms with Crippen molar-refractivity contribution in [3.8, 4) is 11.1 Å². The van der Waals surface area contributed by atoms with Crippen LogP contribution in [0.15, 0.2) is 79.1 Å². The van der Waals surface area contributed by atoms with Gasteiger partial charge in [-0.2, -0.15) is 0 Å². The van der Waals surface area contributed by atoms with Gasteiger partial charge in [-0.25, -0.2) is 0 Å². The van der Waals surface area contributed by atoms with Crippen LogP contribution in [0.1, 0.15) is 30.5 Å². The highest BCUT2D eigenvalue weighted by molar-refractivity contribution is 5.63. The molecule has 3 heteroatoms. The van der Waals surface area contributed by atoms with Crippen molar-refractivity contribution in [2.24, 2.45) is 0 Å². The first-order valence-electron chi connectivity index (χ1n) is 9.80. The molecular weight excluding hydrogens is 330 g/mol. The van der Waals surface area contributed by atoms with Crippen molar-refractivity contribution in [2.45, 2.75) is 32.0 Å². The standard InChI is InChI=1S/C24H27N3/c1-19(22-8-5-9-23(16-22)21-10-13-25-14-11-21)26-24-12-15-27(18-24)17-20-6-3-2-4-7-20/h2-11,13-14,16,19,24,26H,12,15,17-18H2,1H3. The summed E-state index contributed by atoms with van der Waals surface area (Å²) in [5.74, 6) is 0. The van der Waals surface area contributed by atoms with Crippen LogP contribution in [0.4, 0.5) is 0 Å². The largest absolute Gasteiger partial charge is 0.306 e. The van der Waals surface area contributed by atoms with Gasteiger partial charge < -0.3 is 5.32 Å². The minimum atomic E-state index is 0.341. The summed E-state index contributed by atoms with van der Waals surface area (Å²) in [7, 11) is 0. The SMILES string of the molecule is CC(NC1CCN(Cc2ccccc2)C1)c1cccc(-c2ccncc2)c1. The maximum atomic E-state index is 4.12. The molecule has 27 heavy (non-hydrogen) atoms. The molecule has 0 saturated carbocycles. The summed E-state index contributed by atoms with van der Waals surface area (Å²) in [6.45, 7) is 5.59. The summed E-state index contributed by atoms with van der Waals surface area (Å²) >= 11 is 0. The number of nitrogens with one attached hydrogen (secondary N) is 1. The van der Waals surface area contributed by atoms with Crippen molar-refractivity contribution >= 4 is 0 Å². The Kier molecular flexibility index (Phi) is 5.61. The van der Waals surface area contributed by atoms with Crippen LogP contribution in [0.25, 0.3) is 11.1 Å². The van der Waals surface area contributed by atoms with Gasteiger partial charge in [0, 0.05) is 44.1 Å². The van der Waals surface area contributed by atoms with Crippen molar-refractivity contribution in [3.63, 3.8) is 0 Å². The molecule has 1 aliphatic heterocycles. The summed E-state index contributed by atoms with van der Waals surface area (Å²) < 4.78 is 0. The Morgan fingerprint density at radius 1 is 1.00 bits per heavy atom. The normalized spacial score (nSPS) is 18.5. The van der Waals surface area contributed by atoms with Crippen LogP contribution >= 0.6 is 0 Å². The molecule has 1 N–H and O–H groups in total. The van der Waals surface area contributed by atoms with Crippen molar-refractivity contribution in [3.05, 3.63) is 90.3 Å². The predicted octanol–water partition coefficient (Wildman–Crippen LogP) is 4.67. The van der Waals surface area contributed by atoms with Gasteiger partial charge in [0.15, 0.2) is 0 Å². The summed E-state index contributed by atoms with van der Waals surface area (Å²) in [4.78, 5) is 6.67. The molecular formula is C24H27N3. The van der Waals surface area contributed by atoms with Crippen molar-refractivity contribution in [1.29, 1.82) is 0 Å². The van der Waals surface area contributed by atoms with E-state index >= 15 is 0 Å². The Morgan fingerprint density at radius 3 is 2.63 bits per heavy atom. The molecule has 0 bridgehead atoms. The molecule has 1 fully saturated rings. The molecule has 4 rings (SSSR count). The molecule has 0 aliphatic carbocycles. The van der Waals surface area contributed by atoms with E-state index in [1.165, 1.54) is 28.7 Å². The van der Waals surface area contributed by atoms with Gasteiger partial charge in [-0.15, -0.1) is 0 Å². The van der Waals surface area contributed by atoms with Crippen LogP contribution in [0.3, 0.4) is 0 Å². The number of pyridine rings is 1. The number of nitrogens with zero attached hydrogens (tertiary/aromatic N) is 2. The Hall–Kier alpha value is -2.49. The number of hydrogen-bond acceptors (Lipinski definition) is 3. The predicted molar refractivity (Wildman–Crippen MR) is 111 cm³/mol. The highest BCUT2D eigenvalue weighted by Crippen LogP contribution is 2.24. The number of hydrogen-bond donors (Lipinski definition) is 1. The lowest BCUT2D eigenvalue weighted by Crippen LogP contribution is -2.34. The summed E-state index contributed by atoms with van der Waals surface area (Å²) in [5.41, 5.74) is 5.21. The fourth-order valence-electron chi connectivity index (χ4n) is 3.94. The minimum absolute atomic E-state index is 0.341. The van der Waals surface area contributed by atoms with Gasteiger partial charge >= 0.3 is 0 Å². The minimum Gasteiger partial charge on any atom is -0.306 e. The molecule has 138 valence electrons. The van der Waals surface area contributed by atoms with E-state index in [1.54, 1.807) is 0 Å². The fraction of sp³-hybridized carbons (Fsp3) is 0.292. The van der Waals surface area contributed by atoms with Crippen LogP contribution < -0.4 is 5.32 Å². The molecule has 3 nitrogen and oxygen atoms in total. The summed E-state index contributed by atoms with van der Waals surface area (Å²) in [6.07, 6.45) is 4.91. The fourth-order valence-corrected chi connectivity index (χ4v) is 3.94. The Bertz CT molecular complexity index is 848. The molecule has 1 saturated heterocycles. The zero-order chi connectivity index (χ0) is 18.5. The summed E-state index contributed by atoms with van der Waals surface area (Å²) in [6, 6.07) is 24.6. The lowest BCUT2D eigenvalue weighted by atomic mass is 10.0. The highest BCUT2D eigenvalue weighted by atomic mass is 15.2. The molecule has 2 heterocycles. The van der Waals surface area contributed by atoms with Gasteiger partial charge in [-0.1, -0.05) is 48.5 Å². The molecule has 2 atom stereocenters. The smallest absolute Gasteiger partial charge is 0.0295 e. The molecule has 2 unspecified atom stereocenters. The van der Waals surface area contributed by atoms with Crippen LogP contribution in [0.2, 0.25) is 0 Å². The first-order valence-corrected chi connectivity index (χ1v) is 9.80. The van der Waals surface area contributed by atoms with Gasteiger partial charge in [-0.05, 0) is 53.8 Å². The average Bonchev–Trinajstić information content (AvgIpc) is 3.16. The summed E-state index contributed by atoms with van der Waals surface area (Å²) in [5, 5.41) is 3.84. The number of aromatic nitrogens is 1. The van der Waals surface area contributed by atoms with E-state index in [1.807, 2.05) is 12.4 Å². The zero-order valence-electron chi connectivity index (χ0n) is 15.9. The van der Waals surface area contributed by atoms with Crippen LogP contribution in [0.5, 0.6) is 0 Å². The van der Waals surface area contributed by atoms with Crippen LogP contribution in [-0.2, 0) is 6.54 Å². The van der Waals surface area contributed by atoms with Gasteiger partial charge in [0.05, 0.1) is 0 Å². The van der Waals surface area contributed by atoms with E-state index in [2.05, 4.69) is 88.9 Å². The Labute approximate surface area is 162 Å². The van der Waals surface area contributed by atoms with Crippen LogP contribution in [-0.4, -0.2) is 29.0 Å². The highest BCUT2D eigenvalue weighted by Gasteiger charge is 2.23. The lowest BCUT2D eigenvalue weighted by molar-refractivity contribution is 0.316. The van der Waals surface area contributed by atoms with E-state index < -0.39 is 0 Å². The number of benzene rings is 2. The molecule has 2 aromatic carbocycles. The molecule has 1 aromatic heterocycles. The van der Waals surface area contributed by atoms with E-state index in [0.717, 1.165) is 19.6 Å². The number of likely N-dealkylation sites (tertiary alicyclic amines) is 1. The monoisotopic (exact) mass is 357 g/mol. The van der Waals surface area contributed by atoms with E-state index in [9.17, 15) is 0 Å². The molecule has 1 aliphatic rings. The van der Waals surface area contributed by atoms with Crippen molar-refractivity contribution < 1.29 is 0 Å². The molecule has 3 aromatic rings. The first-order chi connectivity index (χ1) is 13.3. The van der Waals surface area contributed by atoms with Gasteiger partial charge in [0.25, 0.3) is 0 Å². The zero-order valence-corrected chi connectivity index (χ0v) is 15.9. The third-order valence-corrected chi connectivity index (χ3v) is 5.41. The lowest BCUT2D eigenvalue weighted by Gasteiger charge is -2.21. The van der Waals surface area contributed by atoms with Gasteiger partial charge in [0.2, 0.25) is 0 Å². The Morgan fingerprint density at radius 2 is 1.81 bits per heavy atom. The third kappa shape index (κ3) is 4.62. The van der Waals surface area contributed by atoms with Crippen LogP contribution in [0, 0.1) is 0 Å². The van der Waals surface area contributed by atoms with E-state index in [0.29, 0.717) is 12.1 Å². The number of rotatable bonds is 6. The van der Waals surface area contributed by atoms with E-state index in [4.69, 9.17) is 0 Å². The topological polar surface area (TPSA) is 28.2 Å². The van der Waals surface area contributed by atoms with E-state index in [-0.39, 0.29) is 0 Å². The van der Waals surface area contributed by atoms with Gasteiger partial charge in [-0.3, -0.25) is 9.88 Å². The molecule has 0 radical (unpaired) electrons. The second-order valence-corrected chi connectivity index (χ2v) is 7.46. The maximum Gasteiger partial charge on any atom is 0.0295 e. The Balaban J connectivity index is 1.36. The average molecular weight is 358 g/mol. The van der Waals surface area contributed by atoms with Gasteiger partial charge in [0.1, 0.15) is 0 Å². The quantitative estimate of drug-likeness (QED) is 0.695. The molecule has 0 spiro atoms. The van der Waals surface area contributed by atoms with Crippen molar-refractivity contribution in [1.82, 2.24) is 15.2 Å². The third-order valence-electron chi connectivity index (χ3n) is 5.41. The second kappa shape index (κ2) is 8.47.